The lowest BCUT2D eigenvalue weighted by molar-refractivity contribution is -0.137. The van der Waals surface area contributed by atoms with Gasteiger partial charge < -0.3 is 58.7 Å². The molecule has 2 aromatic carbocycles. The van der Waals surface area contributed by atoms with Gasteiger partial charge in [0.2, 0.25) is 35.4 Å². The van der Waals surface area contributed by atoms with Gasteiger partial charge in [0.1, 0.15) is 42.3 Å². The number of nitrogens with zero attached hydrogens (tertiary/aromatic N) is 2. The monoisotopic (exact) mass is 935 g/mol. The van der Waals surface area contributed by atoms with Crippen molar-refractivity contribution < 1.29 is 43.2 Å². The van der Waals surface area contributed by atoms with E-state index in [1.807, 2.05) is 18.2 Å². The summed E-state index contributed by atoms with van der Waals surface area (Å²) in [6, 6.07) is 4.82. The molecular weight excluding hydrogens is 883 g/mol. The predicted octanol–water partition coefficient (Wildman–Crippen LogP) is -2.94. The van der Waals surface area contributed by atoms with Crippen molar-refractivity contribution in [3.8, 4) is 0 Å². The number of urea groups is 1. The summed E-state index contributed by atoms with van der Waals surface area (Å²) in [5.41, 5.74) is 11.9. The molecule has 24 nitrogen and oxygen atoms in total. The van der Waals surface area contributed by atoms with Crippen LogP contribution in [0.4, 0.5) is 4.79 Å². The van der Waals surface area contributed by atoms with E-state index in [0.29, 0.717) is 21.7 Å². The second kappa shape index (κ2) is 20.6. The molecule has 4 aromatic rings. The van der Waals surface area contributed by atoms with Gasteiger partial charge in [-0.2, -0.15) is 0 Å². The van der Waals surface area contributed by atoms with Crippen LogP contribution >= 0.6 is 0 Å². The largest absolute Gasteiger partial charge is 0.370 e. The number of benzene rings is 2. The fourth-order valence-corrected chi connectivity index (χ4v) is 8.57. The Morgan fingerprint density at radius 3 is 2.15 bits per heavy atom. The molecule has 3 aliphatic heterocycles. The summed E-state index contributed by atoms with van der Waals surface area (Å²) < 4.78 is 0. The van der Waals surface area contributed by atoms with E-state index in [1.165, 1.54) is 19.4 Å². The van der Waals surface area contributed by atoms with Crippen LogP contribution in [0.1, 0.15) is 49.4 Å². The quantitative estimate of drug-likeness (QED) is 0.0479. The summed E-state index contributed by atoms with van der Waals surface area (Å²) in [5, 5.41) is 30.3. The van der Waals surface area contributed by atoms with Crippen molar-refractivity contribution in [2.45, 2.75) is 99.8 Å². The van der Waals surface area contributed by atoms with Crippen LogP contribution in [-0.4, -0.2) is 133 Å². The standard InChI is InChI=1S/C44H53N15O9/c1-22-36(62)53-32(17-25-19-48-21-50-25)40(66)54-30(15-23-7-3-2-4-8-23)38(64)52-28-13-14-44(58-42(46)47,34(60)12-11-29-41(67)59(22)43(68)57-29)51-20-33(35(45)61)56-39(65)31(55-37(28)63)16-24-18-49-27-10-6-5-9-26(24)27/h2-10,18-19,21-22,28-33,49,51H,11-17,20H2,1H3,(H2,45,61)(H,48,50)(H,52,64)(H,53,62)(H,54,66)(H,55,63)(H,56,65)(H,57,68)(H4,46,47,58)/t22?,28?,29-,30+,31-,32?,33?,44?/m0/s1. The molecule has 68 heavy (non-hydrogen) atoms. The van der Waals surface area contributed by atoms with E-state index in [-0.39, 0.29) is 25.7 Å². The lowest BCUT2D eigenvalue weighted by Crippen LogP contribution is -2.69. The first-order valence-corrected chi connectivity index (χ1v) is 21.9. The molecule has 3 saturated heterocycles. The number of aromatic amines is 2. The van der Waals surface area contributed by atoms with Gasteiger partial charge in [0.25, 0.3) is 5.91 Å². The molecule has 2 aromatic heterocycles. The Morgan fingerprint density at radius 1 is 0.765 bits per heavy atom. The van der Waals surface area contributed by atoms with Crippen molar-refractivity contribution in [2.24, 2.45) is 11.5 Å². The topological polar surface area (TPSA) is 373 Å². The Hall–Kier alpha value is -8.15. The average Bonchev–Trinajstić information content (AvgIpc) is 4.05. The number of guanidine groups is 1. The molecule has 3 aliphatic rings. The highest BCUT2D eigenvalue weighted by molar-refractivity contribution is 6.08. The first kappa shape index (κ1) is 47.8. The third kappa shape index (κ3) is 10.9. The maximum Gasteiger partial charge on any atom is 0.325 e. The maximum absolute atomic E-state index is 14.7. The molecule has 0 spiro atoms. The highest BCUT2D eigenvalue weighted by Crippen LogP contribution is 2.23. The third-order valence-electron chi connectivity index (χ3n) is 12.3. The summed E-state index contributed by atoms with van der Waals surface area (Å²) in [6.45, 7) is 0.754. The van der Waals surface area contributed by atoms with Crippen molar-refractivity contribution in [1.29, 1.82) is 5.41 Å². The maximum atomic E-state index is 14.7. The van der Waals surface area contributed by atoms with Gasteiger partial charge in [0.05, 0.1) is 6.33 Å². The number of imidazole rings is 1. The zero-order valence-corrected chi connectivity index (χ0v) is 36.8. The number of para-hydroxylation sites is 1. The average molecular weight is 936 g/mol. The Labute approximate surface area is 388 Å². The van der Waals surface area contributed by atoms with E-state index >= 15 is 0 Å². The number of aromatic nitrogens is 3. The molecular formula is C44H53N15O9. The molecule has 0 aliphatic carbocycles. The fourth-order valence-electron chi connectivity index (χ4n) is 8.57. The van der Waals surface area contributed by atoms with Gasteiger partial charge in [0, 0.05) is 61.2 Å². The lowest BCUT2D eigenvalue weighted by Gasteiger charge is -2.38. The minimum absolute atomic E-state index is 0.0991. The first-order valence-electron chi connectivity index (χ1n) is 21.9. The highest BCUT2D eigenvalue weighted by Gasteiger charge is 2.46. The summed E-state index contributed by atoms with van der Waals surface area (Å²) in [7, 11) is 0. The van der Waals surface area contributed by atoms with Crippen LogP contribution in [0, 0.1) is 5.41 Å². The third-order valence-corrected chi connectivity index (χ3v) is 12.3. The van der Waals surface area contributed by atoms with Crippen molar-refractivity contribution in [3.63, 3.8) is 0 Å². The van der Waals surface area contributed by atoms with Gasteiger partial charge in [-0.25, -0.2) is 9.78 Å². The van der Waals surface area contributed by atoms with Gasteiger partial charge in [-0.05, 0) is 43.4 Å². The summed E-state index contributed by atoms with van der Waals surface area (Å²) in [6.07, 6.45) is 2.36. The Kier molecular flexibility index (Phi) is 14.5. The zero-order valence-electron chi connectivity index (χ0n) is 36.8. The molecule has 5 unspecified atom stereocenters. The number of fused-ring (bicyclic) bond motifs is 6. The van der Waals surface area contributed by atoms with E-state index in [2.05, 4.69) is 57.5 Å². The van der Waals surface area contributed by atoms with Crippen molar-refractivity contribution in [3.05, 3.63) is 90.1 Å². The van der Waals surface area contributed by atoms with Crippen LogP contribution in [0.5, 0.6) is 0 Å². The van der Waals surface area contributed by atoms with Gasteiger partial charge in [-0.1, -0.05) is 48.5 Å². The number of amides is 9. The van der Waals surface area contributed by atoms with E-state index in [4.69, 9.17) is 16.9 Å². The SMILES string of the molecule is CC1C(=O)NC(Cc2cnc[nH]2)C(=O)N[C@H](Cc2ccccc2)C(=O)NC2CCC(NC(=N)N)(NCC(C(N)=O)NC(=O)[C@H](Cc3c[nH]c4ccccc34)NC2=O)C(=O)CC[C@@H]2NC(=O)N1C2=O. The molecule has 4 bridgehead atoms. The van der Waals surface area contributed by atoms with Crippen molar-refractivity contribution in [2.75, 3.05) is 6.54 Å². The molecule has 3 fully saturated rings. The number of ketones is 1. The zero-order chi connectivity index (χ0) is 48.7. The number of carbonyl (C=O) groups excluding carboxylic acids is 9. The van der Waals surface area contributed by atoms with Crippen LogP contribution in [0.25, 0.3) is 10.9 Å². The number of rotatable bonds is 8. The molecule has 24 heteroatoms. The van der Waals surface area contributed by atoms with Crippen LogP contribution in [0.3, 0.4) is 0 Å². The second-order valence-corrected chi connectivity index (χ2v) is 17.0. The highest BCUT2D eigenvalue weighted by atomic mass is 16.2. The molecule has 358 valence electrons. The van der Waals surface area contributed by atoms with Crippen LogP contribution in [0.15, 0.2) is 73.3 Å². The van der Waals surface area contributed by atoms with E-state index in [9.17, 15) is 43.2 Å². The van der Waals surface area contributed by atoms with Gasteiger partial charge in [-0.15, -0.1) is 0 Å². The molecule has 7 rings (SSSR count). The number of carbonyl (C=O) groups is 9. The minimum Gasteiger partial charge on any atom is -0.370 e. The smallest absolute Gasteiger partial charge is 0.325 e. The van der Waals surface area contributed by atoms with Crippen LogP contribution in [0.2, 0.25) is 0 Å². The summed E-state index contributed by atoms with van der Waals surface area (Å²) in [5.74, 6) is -7.80. The number of nitrogens with two attached hydrogens (primary N) is 2. The van der Waals surface area contributed by atoms with Crippen molar-refractivity contribution in [1.82, 2.24) is 62.4 Å². The lowest BCUT2D eigenvalue weighted by atomic mass is 9.90. The Morgan fingerprint density at radius 2 is 1.43 bits per heavy atom. The van der Waals surface area contributed by atoms with E-state index in [1.54, 1.807) is 42.6 Å². The first-order chi connectivity index (χ1) is 32.5. The molecule has 8 atom stereocenters. The number of hydrogen-bond donors (Lipinski definition) is 13. The molecule has 5 heterocycles. The predicted molar refractivity (Wildman–Crippen MR) is 241 cm³/mol. The normalized spacial score (nSPS) is 26.9. The summed E-state index contributed by atoms with van der Waals surface area (Å²) >= 11 is 0. The number of H-pyrrole nitrogens is 2. The molecule has 9 amide bonds. The van der Waals surface area contributed by atoms with Gasteiger partial charge in [0.15, 0.2) is 17.4 Å². The number of imide groups is 1. The van der Waals surface area contributed by atoms with Crippen molar-refractivity contribution >= 4 is 70.0 Å². The number of nitrogens with one attached hydrogen (secondary N) is 11. The Bertz CT molecular complexity index is 2600. The summed E-state index contributed by atoms with van der Waals surface area (Å²) in [4.78, 5) is 137. The van der Waals surface area contributed by atoms with E-state index in [0.717, 1.165) is 10.9 Å². The Balaban J connectivity index is 1.31. The number of hydrogen-bond acceptors (Lipinski definition) is 12. The van der Waals surface area contributed by atoms with Gasteiger partial charge in [-0.3, -0.25) is 54.0 Å². The molecule has 0 saturated carbocycles. The van der Waals surface area contributed by atoms with Crippen LogP contribution < -0.4 is 54.0 Å². The fraction of sp³-hybridized carbons (Fsp3) is 0.386. The number of primary amides is 1. The van der Waals surface area contributed by atoms with Crippen LogP contribution in [-0.2, 0) is 57.6 Å². The minimum atomic E-state index is -2.14. The van der Waals surface area contributed by atoms with Gasteiger partial charge >= 0.3 is 6.03 Å². The van der Waals surface area contributed by atoms with E-state index < -0.39 is 133 Å². The molecule has 0 radical (unpaired) electrons. The second-order valence-electron chi connectivity index (χ2n) is 17.0. The number of Topliss-reactive ketones (excluding diaryl/α,β-unsaturated/α-hetero) is 1. The molecule has 15 N–H and O–H groups in total.